The van der Waals surface area contributed by atoms with Gasteiger partial charge in [-0.15, -0.1) is 0 Å². The number of pyridine rings is 1. The lowest BCUT2D eigenvalue weighted by Crippen LogP contribution is -2.21. The monoisotopic (exact) mass is 454 g/mol. The van der Waals surface area contributed by atoms with Crippen LogP contribution in [0.4, 0.5) is 4.39 Å². The number of hydrogen-bond donors (Lipinski definition) is 2. The van der Waals surface area contributed by atoms with E-state index in [0.29, 0.717) is 35.6 Å². The van der Waals surface area contributed by atoms with Gasteiger partial charge in [-0.25, -0.2) is 9.07 Å². The minimum Gasteiger partial charge on any atom is -0.496 e. The maximum absolute atomic E-state index is 14.0. The van der Waals surface area contributed by atoms with Crippen molar-refractivity contribution in [3.63, 3.8) is 0 Å². The summed E-state index contributed by atoms with van der Waals surface area (Å²) in [4.78, 5) is 15.9. The summed E-state index contributed by atoms with van der Waals surface area (Å²) < 4.78 is 21.1. The van der Waals surface area contributed by atoms with Crippen LogP contribution in [0.25, 0.3) is 28.0 Å². The highest BCUT2D eigenvalue weighted by molar-refractivity contribution is 5.92. The van der Waals surface area contributed by atoms with E-state index in [4.69, 9.17) is 9.84 Å². The predicted octanol–water partition coefficient (Wildman–Crippen LogP) is 4.82. The zero-order valence-electron chi connectivity index (χ0n) is 18.6. The molecule has 0 aliphatic carbocycles. The summed E-state index contributed by atoms with van der Waals surface area (Å²) in [5.41, 5.74) is 3.95. The molecule has 0 saturated carbocycles. The highest BCUT2D eigenvalue weighted by Crippen LogP contribution is 2.29. The van der Waals surface area contributed by atoms with Crippen molar-refractivity contribution in [3.05, 3.63) is 112 Å². The Morgan fingerprint density at radius 3 is 2.50 bits per heavy atom. The number of aromatic amines is 1. The molecular weight excluding hydrogens is 431 g/mol. The van der Waals surface area contributed by atoms with Crippen molar-refractivity contribution in [3.8, 4) is 22.7 Å². The van der Waals surface area contributed by atoms with Gasteiger partial charge in [-0.3, -0.25) is 4.79 Å². The van der Waals surface area contributed by atoms with Crippen LogP contribution in [0, 0.1) is 5.82 Å². The van der Waals surface area contributed by atoms with Gasteiger partial charge in [0.25, 0.3) is 5.56 Å². The number of methoxy groups -OCH3 is 1. The van der Waals surface area contributed by atoms with Crippen LogP contribution in [0.2, 0.25) is 0 Å². The molecule has 34 heavy (non-hydrogen) atoms. The number of fused-ring (bicyclic) bond motifs is 1. The molecule has 0 saturated heterocycles. The molecule has 2 N–H and O–H groups in total. The Hall–Kier alpha value is -4.23. The Morgan fingerprint density at radius 2 is 1.71 bits per heavy atom. The number of nitrogens with zero attached hydrogens (tertiary/aromatic N) is 2. The Balaban J connectivity index is 1.55. The number of ether oxygens (including phenoxy) is 1. The molecule has 2 aromatic heterocycles. The summed E-state index contributed by atoms with van der Waals surface area (Å²) in [5.74, 6) is 0.444. The Bertz CT molecular complexity index is 1510. The third-order valence-electron chi connectivity index (χ3n) is 5.69. The van der Waals surface area contributed by atoms with Crippen LogP contribution in [-0.4, -0.2) is 21.9 Å². The molecule has 0 aliphatic heterocycles. The number of H-pyrrole nitrogens is 1. The molecule has 6 nitrogen and oxygen atoms in total. The molecule has 0 radical (unpaired) electrons. The van der Waals surface area contributed by atoms with Crippen LogP contribution in [0.1, 0.15) is 11.1 Å². The van der Waals surface area contributed by atoms with E-state index in [0.717, 1.165) is 22.4 Å². The average Bonchev–Trinajstić information content (AvgIpc) is 3.23. The van der Waals surface area contributed by atoms with Crippen molar-refractivity contribution >= 4 is 11.0 Å². The molecule has 0 aliphatic rings. The SMILES string of the molecule is COc1ccccc1CNCc1cc2c(-c3cccc(F)c3)nn(-c3ccccc3)c2[nH]c1=O. The molecule has 0 fully saturated rings. The molecular formula is C27H23FN4O2. The Labute approximate surface area is 195 Å². The van der Waals surface area contributed by atoms with Crippen molar-refractivity contribution in [1.82, 2.24) is 20.1 Å². The first-order valence-electron chi connectivity index (χ1n) is 10.9. The summed E-state index contributed by atoms with van der Waals surface area (Å²) in [6.45, 7) is 0.893. The lowest BCUT2D eigenvalue weighted by atomic mass is 10.1. The number of hydrogen-bond acceptors (Lipinski definition) is 4. The number of rotatable bonds is 7. The van der Waals surface area contributed by atoms with Crippen molar-refractivity contribution < 1.29 is 9.13 Å². The molecule has 5 rings (SSSR count). The van der Waals surface area contributed by atoms with Crippen LogP contribution in [0.15, 0.2) is 89.7 Å². The van der Waals surface area contributed by atoms with Gasteiger partial charge in [-0.05, 0) is 36.4 Å². The fraction of sp³-hybridized carbons (Fsp3) is 0.111. The smallest absolute Gasteiger partial charge is 0.254 e. The molecule has 0 atom stereocenters. The Kier molecular flexibility index (Phi) is 5.93. The standard InChI is InChI=1S/C27H23FN4O2/c1-34-24-13-6-5-8-19(24)16-29-17-20-15-23-25(18-9-7-10-21(28)14-18)31-32(26(23)30-27(20)33)22-11-3-2-4-12-22/h2-15,29H,16-17H2,1H3,(H,30,33). The van der Waals surface area contributed by atoms with Crippen LogP contribution in [0.3, 0.4) is 0 Å². The van der Waals surface area contributed by atoms with Crippen molar-refractivity contribution in [2.24, 2.45) is 0 Å². The fourth-order valence-electron chi connectivity index (χ4n) is 4.03. The maximum atomic E-state index is 14.0. The van der Waals surface area contributed by atoms with E-state index < -0.39 is 0 Å². The molecule has 170 valence electrons. The third kappa shape index (κ3) is 4.21. The first-order valence-corrected chi connectivity index (χ1v) is 10.9. The first kappa shape index (κ1) is 21.6. The third-order valence-corrected chi connectivity index (χ3v) is 5.69. The summed E-state index contributed by atoms with van der Waals surface area (Å²) in [7, 11) is 1.63. The van der Waals surface area contributed by atoms with Gasteiger partial charge in [0.2, 0.25) is 0 Å². The summed E-state index contributed by atoms with van der Waals surface area (Å²) in [6.07, 6.45) is 0. The van der Waals surface area contributed by atoms with Gasteiger partial charge in [-0.1, -0.05) is 48.5 Å². The van der Waals surface area contributed by atoms with Crippen molar-refractivity contribution in [2.75, 3.05) is 7.11 Å². The van der Waals surface area contributed by atoms with Crippen LogP contribution in [0.5, 0.6) is 5.75 Å². The second kappa shape index (κ2) is 9.33. The lowest BCUT2D eigenvalue weighted by Gasteiger charge is -2.09. The largest absolute Gasteiger partial charge is 0.496 e. The lowest BCUT2D eigenvalue weighted by molar-refractivity contribution is 0.407. The van der Waals surface area contributed by atoms with E-state index in [1.807, 2.05) is 66.7 Å². The van der Waals surface area contributed by atoms with Gasteiger partial charge in [-0.2, -0.15) is 5.10 Å². The minimum atomic E-state index is -0.344. The normalized spacial score (nSPS) is 11.1. The van der Waals surface area contributed by atoms with Crippen LogP contribution in [-0.2, 0) is 13.1 Å². The topological polar surface area (TPSA) is 71.9 Å². The number of halogens is 1. The molecule has 5 aromatic rings. The zero-order chi connectivity index (χ0) is 23.5. The average molecular weight is 455 g/mol. The van der Waals surface area contributed by atoms with Crippen LogP contribution < -0.4 is 15.6 Å². The summed E-state index contributed by atoms with van der Waals surface area (Å²) >= 11 is 0. The van der Waals surface area contributed by atoms with E-state index in [2.05, 4.69) is 10.3 Å². The zero-order valence-corrected chi connectivity index (χ0v) is 18.6. The summed E-state index contributed by atoms with van der Waals surface area (Å²) in [5, 5.41) is 8.80. The minimum absolute atomic E-state index is 0.206. The first-order chi connectivity index (χ1) is 16.6. The van der Waals surface area contributed by atoms with Gasteiger partial charge in [0.1, 0.15) is 22.9 Å². The molecule has 7 heteroatoms. The second-order valence-electron chi connectivity index (χ2n) is 7.91. The quantitative estimate of drug-likeness (QED) is 0.370. The fourth-order valence-corrected chi connectivity index (χ4v) is 4.03. The molecule has 0 bridgehead atoms. The predicted molar refractivity (Wildman–Crippen MR) is 131 cm³/mol. The van der Waals surface area contributed by atoms with Gasteiger partial charge in [0, 0.05) is 35.2 Å². The van der Waals surface area contributed by atoms with Gasteiger partial charge in [0.05, 0.1) is 12.8 Å². The van der Waals surface area contributed by atoms with Gasteiger partial charge < -0.3 is 15.0 Å². The van der Waals surface area contributed by atoms with Gasteiger partial charge >= 0.3 is 0 Å². The number of benzene rings is 3. The maximum Gasteiger partial charge on any atom is 0.254 e. The van der Waals surface area contributed by atoms with Crippen LogP contribution >= 0.6 is 0 Å². The number of nitrogens with one attached hydrogen (secondary N) is 2. The van der Waals surface area contributed by atoms with E-state index in [9.17, 15) is 9.18 Å². The molecule has 3 aromatic carbocycles. The van der Waals surface area contributed by atoms with Crippen molar-refractivity contribution in [2.45, 2.75) is 13.1 Å². The molecule has 0 spiro atoms. The van der Waals surface area contributed by atoms with E-state index in [-0.39, 0.29) is 11.4 Å². The number of para-hydroxylation sites is 2. The highest BCUT2D eigenvalue weighted by Gasteiger charge is 2.17. The Morgan fingerprint density at radius 1 is 0.941 bits per heavy atom. The summed E-state index contributed by atoms with van der Waals surface area (Å²) in [6, 6.07) is 25.4. The molecule has 0 amide bonds. The molecule has 2 heterocycles. The highest BCUT2D eigenvalue weighted by atomic mass is 19.1. The van der Waals surface area contributed by atoms with E-state index in [1.54, 1.807) is 17.9 Å². The second-order valence-corrected chi connectivity index (χ2v) is 7.91. The van der Waals surface area contributed by atoms with E-state index >= 15 is 0 Å². The number of aromatic nitrogens is 3. The van der Waals surface area contributed by atoms with Gasteiger partial charge in [0.15, 0.2) is 0 Å². The van der Waals surface area contributed by atoms with Crippen molar-refractivity contribution in [1.29, 1.82) is 0 Å². The van der Waals surface area contributed by atoms with E-state index in [1.165, 1.54) is 12.1 Å². The molecule has 0 unspecified atom stereocenters.